The maximum absolute atomic E-state index is 12.6. The normalized spacial score (nSPS) is 11.2. The van der Waals surface area contributed by atoms with E-state index >= 15 is 0 Å². The molecule has 0 spiro atoms. The van der Waals surface area contributed by atoms with E-state index in [9.17, 15) is 9.59 Å². The molecule has 2 N–H and O–H groups in total. The smallest absolute Gasteiger partial charge is 0.329 e. The van der Waals surface area contributed by atoms with Gasteiger partial charge in [0.15, 0.2) is 11.2 Å². The van der Waals surface area contributed by atoms with E-state index in [0.717, 1.165) is 23.0 Å². The summed E-state index contributed by atoms with van der Waals surface area (Å²) in [4.78, 5) is 31.4. The Kier molecular flexibility index (Phi) is 5.98. The minimum Gasteiger partial charge on any atom is -0.465 e. The summed E-state index contributed by atoms with van der Waals surface area (Å²) in [5.74, 6) is 0. The lowest BCUT2D eigenvalue weighted by Crippen LogP contribution is -2.33. The maximum Gasteiger partial charge on any atom is 0.329 e. The Labute approximate surface area is 160 Å². The van der Waals surface area contributed by atoms with Crippen LogP contribution in [0.5, 0.6) is 6.01 Å². The Hall–Kier alpha value is -2.58. The number of aliphatic hydroxyl groups excluding tert-OH is 1. The van der Waals surface area contributed by atoms with Crippen LogP contribution in [0.25, 0.3) is 11.2 Å². The van der Waals surface area contributed by atoms with Crippen molar-refractivity contribution < 1.29 is 9.84 Å². The van der Waals surface area contributed by atoms with Gasteiger partial charge in [0.25, 0.3) is 11.6 Å². The Balaban J connectivity index is 1.99. The highest BCUT2D eigenvalue weighted by molar-refractivity contribution is 6.30. The third-order valence-corrected chi connectivity index (χ3v) is 4.51. The van der Waals surface area contributed by atoms with Crippen LogP contribution >= 0.6 is 11.6 Å². The number of aliphatic hydroxyl groups is 1. The quantitative estimate of drug-likeness (QED) is 0.568. The van der Waals surface area contributed by atoms with Gasteiger partial charge in [0.05, 0.1) is 13.2 Å². The molecule has 3 rings (SSSR count). The summed E-state index contributed by atoms with van der Waals surface area (Å²) >= 11 is 5.94. The predicted molar refractivity (Wildman–Crippen MR) is 103 cm³/mol. The third-order valence-electron chi connectivity index (χ3n) is 4.26. The first-order valence-corrected chi connectivity index (χ1v) is 9.06. The monoisotopic (exact) mass is 392 g/mol. The minimum absolute atomic E-state index is 0.145. The molecule has 0 bridgehead atoms. The molecule has 1 aromatic carbocycles. The number of hydrogen-bond acceptors (Lipinski definition) is 5. The second-order valence-corrected chi connectivity index (χ2v) is 6.67. The molecule has 2 aromatic heterocycles. The number of aromatic amines is 1. The molecule has 0 amide bonds. The fraction of sp³-hybridized carbons (Fsp3) is 0.389. The highest BCUT2D eigenvalue weighted by Crippen LogP contribution is 2.20. The molecule has 0 aliphatic carbocycles. The number of imidazole rings is 1. The number of hydrogen-bond donors (Lipinski definition) is 2. The fourth-order valence-corrected chi connectivity index (χ4v) is 2.88. The molecule has 0 aliphatic rings. The largest absolute Gasteiger partial charge is 0.465 e. The summed E-state index contributed by atoms with van der Waals surface area (Å²) in [7, 11) is 1.41. The zero-order valence-electron chi connectivity index (χ0n) is 14.9. The van der Waals surface area contributed by atoms with Gasteiger partial charge in [-0.15, -0.1) is 0 Å². The number of aromatic nitrogens is 4. The van der Waals surface area contributed by atoms with Gasteiger partial charge in [-0.05, 0) is 37.0 Å². The van der Waals surface area contributed by atoms with Gasteiger partial charge < -0.3 is 9.84 Å². The topological polar surface area (TPSA) is 102 Å². The summed E-state index contributed by atoms with van der Waals surface area (Å²) in [6, 6.07) is 7.52. The van der Waals surface area contributed by atoms with Crippen molar-refractivity contribution in [2.75, 3.05) is 13.2 Å². The minimum atomic E-state index is -0.530. The molecule has 3 aromatic rings. The lowest BCUT2D eigenvalue weighted by molar-refractivity contribution is 0.253. The zero-order valence-corrected chi connectivity index (χ0v) is 15.7. The average molecular weight is 393 g/mol. The summed E-state index contributed by atoms with van der Waals surface area (Å²) in [6.45, 7) is 0.891. The molecule has 27 heavy (non-hydrogen) atoms. The van der Waals surface area contributed by atoms with Crippen LogP contribution in [0.15, 0.2) is 33.9 Å². The maximum atomic E-state index is 12.6. The van der Waals surface area contributed by atoms with E-state index in [4.69, 9.17) is 21.4 Å². The molecule has 0 saturated heterocycles. The van der Waals surface area contributed by atoms with Crippen molar-refractivity contribution in [3.05, 3.63) is 55.7 Å². The first-order chi connectivity index (χ1) is 13.0. The van der Waals surface area contributed by atoms with Gasteiger partial charge in [0, 0.05) is 18.7 Å². The van der Waals surface area contributed by atoms with E-state index in [1.165, 1.54) is 7.05 Å². The number of ether oxygens (including phenoxy) is 1. The second-order valence-electron chi connectivity index (χ2n) is 6.23. The Bertz CT molecular complexity index is 1040. The van der Waals surface area contributed by atoms with E-state index in [2.05, 4.69) is 9.97 Å². The number of nitrogens with one attached hydrogen (secondary N) is 1. The van der Waals surface area contributed by atoms with Gasteiger partial charge in [0.1, 0.15) is 0 Å². The molecule has 144 valence electrons. The second kappa shape index (κ2) is 8.41. The number of halogens is 1. The summed E-state index contributed by atoms with van der Waals surface area (Å²) in [5, 5.41) is 9.47. The van der Waals surface area contributed by atoms with Crippen molar-refractivity contribution in [2.24, 2.45) is 7.05 Å². The zero-order chi connectivity index (χ0) is 19.4. The average Bonchev–Trinajstić information content (AvgIpc) is 2.98. The first-order valence-electron chi connectivity index (χ1n) is 8.69. The molecule has 0 radical (unpaired) electrons. The Morgan fingerprint density at radius 3 is 2.63 bits per heavy atom. The lowest BCUT2D eigenvalue weighted by atomic mass is 10.2. The highest BCUT2D eigenvalue weighted by Gasteiger charge is 2.18. The van der Waals surface area contributed by atoms with Crippen LogP contribution in [0.4, 0.5) is 0 Å². The van der Waals surface area contributed by atoms with Gasteiger partial charge in [0.2, 0.25) is 0 Å². The number of fused-ring (bicyclic) bond motifs is 1. The van der Waals surface area contributed by atoms with Crippen LogP contribution in [0.3, 0.4) is 0 Å². The van der Waals surface area contributed by atoms with Crippen molar-refractivity contribution >= 4 is 22.8 Å². The molecule has 8 nitrogen and oxygen atoms in total. The standard InChI is InChI=1S/C18H21ClN4O4/c1-22-16(25)14-15(20-17(22)26)21-18(27-10-4-2-3-9-24)23(14)11-12-5-7-13(19)8-6-12/h5-8,24H,2-4,9-11H2,1H3,(H,20,26). The van der Waals surface area contributed by atoms with Gasteiger partial charge >= 0.3 is 5.69 Å². The van der Waals surface area contributed by atoms with Crippen molar-refractivity contribution in [1.82, 2.24) is 19.1 Å². The van der Waals surface area contributed by atoms with E-state index < -0.39 is 11.2 Å². The van der Waals surface area contributed by atoms with E-state index in [1.807, 2.05) is 12.1 Å². The van der Waals surface area contributed by atoms with Crippen LogP contribution in [-0.4, -0.2) is 37.4 Å². The number of unbranched alkanes of at least 4 members (excludes halogenated alkanes) is 2. The molecule has 0 unspecified atom stereocenters. The first kappa shape index (κ1) is 19.2. The summed E-state index contributed by atoms with van der Waals surface area (Å²) in [6.07, 6.45) is 2.28. The van der Waals surface area contributed by atoms with Crippen molar-refractivity contribution in [1.29, 1.82) is 0 Å². The number of benzene rings is 1. The molecular formula is C18H21ClN4O4. The molecule has 0 atom stereocenters. The Morgan fingerprint density at radius 1 is 1.19 bits per heavy atom. The van der Waals surface area contributed by atoms with Crippen LogP contribution in [0.1, 0.15) is 24.8 Å². The van der Waals surface area contributed by atoms with Gasteiger partial charge in [-0.1, -0.05) is 23.7 Å². The molecule has 0 fully saturated rings. The molecule has 9 heteroatoms. The molecule has 0 aliphatic heterocycles. The SMILES string of the molecule is Cn1c(=O)[nH]c2nc(OCCCCCO)n(Cc3ccc(Cl)cc3)c2c1=O. The molecule has 2 heterocycles. The molecule has 0 saturated carbocycles. The van der Waals surface area contributed by atoms with Gasteiger partial charge in [-0.25, -0.2) is 4.79 Å². The number of nitrogens with zero attached hydrogens (tertiary/aromatic N) is 3. The van der Waals surface area contributed by atoms with Gasteiger partial charge in [-0.3, -0.25) is 18.9 Å². The van der Waals surface area contributed by atoms with E-state index in [0.29, 0.717) is 24.6 Å². The lowest BCUT2D eigenvalue weighted by Gasteiger charge is -2.10. The summed E-state index contributed by atoms with van der Waals surface area (Å²) < 4.78 is 8.44. The van der Waals surface area contributed by atoms with Gasteiger partial charge in [-0.2, -0.15) is 4.98 Å². The van der Waals surface area contributed by atoms with E-state index in [1.54, 1.807) is 16.7 Å². The van der Waals surface area contributed by atoms with E-state index in [-0.39, 0.29) is 23.8 Å². The number of rotatable bonds is 8. The van der Waals surface area contributed by atoms with Crippen LogP contribution in [0, 0.1) is 0 Å². The van der Waals surface area contributed by atoms with Crippen LogP contribution < -0.4 is 16.0 Å². The number of H-pyrrole nitrogens is 1. The van der Waals surface area contributed by atoms with Crippen molar-refractivity contribution in [2.45, 2.75) is 25.8 Å². The molecular weight excluding hydrogens is 372 g/mol. The van der Waals surface area contributed by atoms with Crippen LogP contribution in [-0.2, 0) is 13.6 Å². The summed E-state index contributed by atoms with van der Waals surface area (Å²) in [5.41, 5.74) is 0.417. The Morgan fingerprint density at radius 2 is 1.93 bits per heavy atom. The van der Waals surface area contributed by atoms with Crippen LogP contribution in [0.2, 0.25) is 5.02 Å². The third kappa shape index (κ3) is 4.23. The van der Waals surface area contributed by atoms with Crippen molar-refractivity contribution in [3.63, 3.8) is 0 Å². The fourth-order valence-electron chi connectivity index (χ4n) is 2.76. The predicted octanol–water partition coefficient (Wildman–Crippen LogP) is 1.67. The van der Waals surface area contributed by atoms with Crippen molar-refractivity contribution in [3.8, 4) is 6.01 Å². The highest BCUT2D eigenvalue weighted by atomic mass is 35.5.